The summed E-state index contributed by atoms with van der Waals surface area (Å²) in [4.78, 5) is 13.6. The Morgan fingerprint density at radius 2 is 1.83 bits per heavy atom. The van der Waals surface area contributed by atoms with Gasteiger partial charge in [0.15, 0.2) is 0 Å². The Morgan fingerprint density at radius 3 is 2.42 bits per heavy atom. The number of hydrogen-bond donors (Lipinski definition) is 1. The van der Waals surface area contributed by atoms with E-state index in [4.69, 9.17) is 11.6 Å². The van der Waals surface area contributed by atoms with E-state index in [1.165, 1.54) is 16.7 Å². The average Bonchev–Trinajstić information content (AvgIpc) is 2.55. The Balaban J connectivity index is 2.04. The Labute approximate surface area is 154 Å². The number of thioether (sulfide) groups is 1. The lowest BCUT2D eigenvalue weighted by Gasteiger charge is -2.22. The quantitative estimate of drug-likeness (QED) is 0.668. The van der Waals surface area contributed by atoms with E-state index in [1.807, 2.05) is 31.2 Å². The summed E-state index contributed by atoms with van der Waals surface area (Å²) in [6, 6.07) is 14.0. The van der Waals surface area contributed by atoms with E-state index in [1.54, 1.807) is 11.8 Å². The summed E-state index contributed by atoms with van der Waals surface area (Å²) in [5.41, 5.74) is 3.66. The first-order valence-electron chi connectivity index (χ1n) is 8.20. The highest BCUT2D eigenvalue weighted by molar-refractivity contribution is 8.00. The second kappa shape index (κ2) is 8.59. The normalized spacial score (nSPS) is 13.4. The molecule has 2 rings (SSSR count). The van der Waals surface area contributed by atoms with Crippen molar-refractivity contribution in [2.45, 2.75) is 50.3 Å². The van der Waals surface area contributed by atoms with Crippen molar-refractivity contribution in [2.75, 3.05) is 0 Å². The maximum absolute atomic E-state index is 12.6. The molecule has 0 spiro atoms. The van der Waals surface area contributed by atoms with Crippen LogP contribution in [0.1, 0.15) is 43.0 Å². The minimum atomic E-state index is -0.161. The summed E-state index contributed by atoms with van der Waals surface area (Å²) >= 11 is 7.45. The topological polar surface area (TPSA) is 29.1 Å². The van der Waals surface area contributed by atoms with E-state index in [-0.39, 0.29) is 17.2 Å². The Morgan fingerprint density at radius 1 is 1.17 bits per heavy atom. The molecular formula is C20H24ClNOS. The zero-order chi connectivity index (χ0) is 17.7. The molecule has 0 radical (unpaired) electrons. The minimum absolute atomic E-state index is 0.0476. The summed E-state index contributed by atoms with van der Waals surface area (Å²) in [6.45, 7) is 8.22. The van der Waals surface area contributed by atoms with Crippen LogP contribution >= 0.6 is 23.4 Å². The third-order valence-electron chi connectivity index (χ3n) is 4.02. The maximum Gasteiger partial charge on any atom is 0.233 e. The van der Waals surface area contributed by atoms with E-state index in [0.29, 0.717) is 5.02 Å². The van der Waals surface area contributed by atoms with Crippen LogP contribution in [0.5, 0.6) is 0 Å². The molecule has 0 fully saturated rings. The van der Waals surface area contributed by atoms with Crippen molar-refractivity contribution >= 4 is 29.3 Å². The Bertz CT molecular complexity index is 699. The van der Waals surface area contributed by atoms with Gasteiger partial charge in [0.05, 0.1) is 11.3 Å². The van der Waals surface area contributed by atoms with Crippen LogP contribution in [0.25, 0.3) is 0 Å². The zero-order valence-corrected chi connectivity index (χ0v) is 16.2. The van der Waals surface area contributed by atoms with Gasteiger partial charge < -0.3 is 5.32 Å². The minimum Gasteiger partial charge on any atom is -0.348 e. The molecule has 2 atom stereocenters. The summed E-state index contributed by atoms with van der Waals surface area (Å²) in [7, 11) is 0. The summed E-state index contributed by atoms with van der Waals surface area (Å²) < 4.78 is 0. The van der Waals surface area contributed by atoms with Gasteiger partial charge in [-0.1, -0.05) is 42.3 Å². The molecule has 4 heteroatoms. The predicted octanol–water partition coefficient (Wildman–Crippen LogP) is 5.70. The molecule has 2 nitrogen and oxygen atoms in total. The molecule has 128 valence electrons. The monoisotopic (exact) mass is 361 g/mol. The highest BCUT2D eigenvalue weighted by Gasteiger charge is 2.20. The van der Waals surface area contributed by atoms with Gasteiger partial charge in [-0.05, 0) is 62.6 Å². The number of hydrogen-bond acceptors (Lipinski definition) is 2. The lowest BCUT2D eigenvalue weighted by molar-refractivity contribution is -0.121. The number of amides is 1. The van der Waals surface area contributed by atoms with Gasteiger partial charge in [0.25, 0.3) is 0 Å². The lowest BCUT2D eigenvalue weighted by atomic mass is 9.97. The van der Waals surface area contributed by atoms with Crippen molar-refractivity contribution in [1.29, 1.82) is 0 Å². The van der Waals surface area contributed by atoms with Crippen LogP contribution in [-0.2, 0) is 4.79 Å². The molecular weight excluding hydrogens is 338 g/mol. The predicted molar refractivity (Wildman–Crippen MR) is 104 cm³/mol. The zero-order valence-electron chi connectivity index (χ0n) is 14.6. The fourth-order valence-corrected chi connectivity index (χ4v) is 3.68. The standard InChI is InChI=1S/C20H24ClNOS/c1-5-19(18-11-6-13(2)12-14(18)3)22-20(23)15(4)24-17-9-7-16(21)8-10-17/h6-12,15,19H,5H2,1-4H3,(H,22,23)/t15-,19-/m1/s1. The fraction of sp³-hybridized carbons (Fsp3) is 0.350. The van der Waals surface area contributed by atoms with Crippen LogP contribution in [0.4, 0.5) is 0 Å². The third kappa shape index (κ3) is 5.02. The van der Waals surface area contributed by atoms with Crippen molar-refractivity contribution in [1.82, 2.24) is 5.32 Å². The fourth-order valence-electron chi connectivity index (χ4n) is 2.68. The van der Waals surface area contributed by atoms with Crippen molar-refractivity contribution < 1.29 is 4.79 Å². The van der Waals surface area contributed by atoms with Crippen molar-refractivity contribution in [3.63, 3.8) is 0 Å². The molecule has 0 heterocycles. The second-order valence-electron chi connectivity index (χ2n) is 6.04. The van der Waals surface area contributed by atoms with Gasteiger partial charge >= 0.3 is 0 Å². The molecule has 1 N–H and O–H groups in total. The molecule has 0 aromatic heterocycles. The first-order chi connectivity index (χ1) is 11.4. The van der Waals surface area contributed by atoms with Gasteiger partial charge in [0, 0.05) is 9.92 Å². The maximum atomic E-state index is 12.6. The molecule has 24 heavy (non-hydrogen) atoms. The van der Waals surface area contributed by atoms with Gasteiger partial charge in [0.1, 0.15) is 0 Å². The number of rotatable bonds is 6. The van der Waals surface area contributed by atoms with E-state index in [2.05, 4.69) is 44.3 Å². The van der Waals surface area contributed by atoms with Gasteiger partial charge in [0.2, 0.25) is 5.91 Å². The summed E-state index contributed by atoms with van der Waals surface area (Å²) in [5, 5.41) is 3.73. The van der Waals surface area contributed by atoms with Gasteiger partial charge in [-0.3, -0.25) is 4.79 Å². The summed E-state index contributed by atoms with van der Waals surface area (Å²) in [5.74, 6) is 0.0572. The number of halogens is 1. The SMILES string of the molecule is CC[C@@H](NC(=O)[C@@H](C)Sc1ccc(Cl)cc1)c1ccc(C)cc1C. The van der Waals surface area contributed by atoms with Crippen molar-refractivity contribution in [3.8, 4) is 0 Å². The highest BCUT2D eigenvalue weighted by Crippen LogP contribution is 2.27. The lowest BCUT2D eigenvalue weighted by Crippen LogP contribution is -2.34. The molecule has 2 aromatic rings. The molecule has 0 unspecified atom stereocenters. The number of carbonyl (C=O) groups is 1. The van der Waals surface area contributed by atoms with Crippen LogP contribution in [0.15, 0.2) is 47.4 Å². The third-order valence-corrected chi connectivity index (χ3v) is 5.39. The first kappa shape index (κ1) is 18.9. The largest absolute Gasteiger partial charge is 0.348 e. The van der Waals surface area contributed by atoms with Crippen LogP contribution in [-0.4, -0.2) is 11.2 Å². The molecule has 0 bridgehead atoms. The van der Waals surface area contributed by atoms with E-state index < -0.39 is 0 Å². The summed E-state index contributed by atoms with van der Waals surface area (Å²) in [6.07, 6.45) is 0.869. The Hall–Kier alpha value is -1.45. The van der Waals surface area contributed by atoms with E-state index in [0.717, 1.165) is 11.3 Å². The molecule has 1 amide bonds. The smallest absolute Gasteiger partial charge is 0.233 e. The second-order valence-corrected chi connectivity index (χ2v) is 7.89. The number of aryl methyl sites for hydroxylation is 2. The van der Waals surface area contributed by atoms with E-state index in [9.17, 15) is 4.79 Å². The molecule has 0 aliphatic rings. The first-order valence-corrected chi connectivity index (χ1v) is 9.46. The Kier molecular flexibility index (Phi) is 6.76. The van der Waals surface area contributed by atoms with Crippen LogP contribution in [0.2, 0.25) is 5.02 Å². The highest BCUT2D eigenvalue weighted by atomic mass is 35.5. The van der Waals surface area contributed by atoms with Gasteiger partial charge in [-0.15, -0.1) is 11.8 Å². The van der Waals surface area contributed by atoms with Gasteiger partial charge in [-0.2, -0.15) is 0 Å². The number of carbonyl (C=O) groups excluding carboxylic acids is 1. The molecule has 0 aliphatic heterocycles. The average molecular weight is 362 g/mol. The van der Waals surface area contributed by atoms with Crippen LogP contribution in [0, 0.1) is 13.8 Å². The van der Waals surface area contributed by atoms with Gasteiger partial charge in [-0.25, -0.2) is 0 Å². The van der Waals surface area contributed by atoms with Crippen molar-refractivity contribution in [2.24, 2.45) is 0 Å². The number of nitrogens with one attached hydrogen (secondary N) is 1. The van der Waals surface area contributed by atoms with Crippen LogP contribution in [0.3, 0.4) is 0 Å². The molecule has 2 aromatic carbocycles. The van der Waals surface area contributed by atoms with Crippen LogP contribution < -0.4 is 5.32 Å². The molecule has 0 aliphatic carbocycles. The van der Waals surface area contributed by atoms with Crippen molar-refractivity contribution in [3.05, 3.63) is 64.2 Å². The number of benzene rings is 2. The molecule has 0 saturated heterocycles. The van der Waals surface area contributed by atoms with E-state index >= 15 is 0 Å². The molecule has 0 saturated carbocycles.